The summed E-state index contributed by atoms with van der Waals surface area (Å²) in [6.07, 6.45) is 2.37. The van der Waals surface area contributed by atoms with Crippen molar-refractivity contribution in [2.24, 2.45) is 17.8 Å². The Balaban J connectivity index is 1.21. The van der Waals surface area contributed by atoms with Crippen LogP contribution in [0.25, 0.3) is 11.1 Å². The Bertz CT molecular complexity index is 2570. The normalized spacial score (nSPS) is 38.6. The predicted octanol–water partition coefficient (Wildman–Crippen LogP) is 4.95. The summed E-state index contributed by atoms with van der Waals surface area (Å²) in [6, 6.07) is 14.3. The number of fused-ring (bicyclic) bond motifs is 5. The number of aliphatic hydroxyl groups is 9. The Kier molecular flexibility index (Phi) is 25.6. The van der Waals surface area contributed by atoms with Crippen LogP contribution in [-0.2, 0) is 38.0 Å². The molecule has 11 N–H and O–H groups in total. The van der Waals surface area contributed by atoms with Gasteiger partial charge in [-0.2, -0.15) is 0 Å². The number of amides is 1. The van der Waals surface area contributed by atoms with E-state index in [4.69, 9.17) is 28.4 Å². The average molecular weight is 1160 g/mol. The Labute approximate surface area is 485 Å². The molecular weight excluding hydrogens is 1070 g/mol. The predicted molar refractivity (Wildman–Crippen MR) is 306 cm³/mol. The number of allylic oxidation sites excluding steroid dienone is 12. The zero-order chi connectivity index (χ0) is 60.4. The number of hydrogen-bond acceptors (Lipinski definition) is 18. The molecule has 19 atom stereocenters. The number of carbonyl (C=O) groups is 3. The molecule has 20 heteroatoms. The quantitative estimate of drug-likeness (QED) is 0.164. The van der Waals surface area contributed by atoms with Crippen molar-refractivity contribution >= 4 is 18.0 Å². The summed E-state index contributed by atoms with van der Waals surface area (Å²) in [4.78, 5) is 39.2. The van der Waals surface area contributed by atoms with Gasteiger partial charge < -0.3 is 84.8 Å². The van der Waals surface area contributed by atoms with E-state index in [0.29, 0.717) is 0 Å². The molecule has 1 aliphatic carbocycles. The van der Waals surface area contributed by atoms with Crippen molar-refractivity contribution in [3.63, 3.8) is 0 Å². The van der Waals surface area contributed by atoms with Gasteiger partial charge in [0.15, 0.2) is 12.1 Å². The number of methoxy groups -OCH3 is 1. The minimum Gasteiger partial charge on any atom is -0.481 e. The summed E-state index contributed by atoms with van der Waals surface area (Å²) in [6.45, 7) is 6.69. The molecule has 0 spiro atoms. The molecule has 20 nitrogen and oxygen atoms in total. The molecule has 2 aromatic carbocycles. The minimum absolute atomic E-state index is 0.0457. The lowest BCUT2D eigenvalue weighted by Crippen LogP contribution is -2.64. The molecule has 4 aliphatic rings. The van der Waals surface area contributed by atoms with Gasteiger partial charge in [-0.3, -0.25) is 9.59 Å². The van der Waals surface area contributed by atoms with Crippen LogP contribution in [0.2, 0.25) is 0 Å². The van der Waals surface area contributed by atoms with Gasteiger partial charge in [0.05, 0.1) is 73.5 Å². The van der Waals surface area contributed by atoms with Crippen LogP contribution < -0.4 is 5.32 Å². The van der Waals surface area contributed by atoms with Gasteiger partial charge in [0, 0.05) is 50.5 Å². The number of nitrogens with one attached hydrogen (secondary N) is 1. The molecule has 2 fully saturated rings. The smallest absolute Gasteiger partial charge is 0.407 e. The van der Waals surface area contributed by atoms with Crippen molar-refractivity contribution in [1.29, 1.82) is 0 Å². The van der Waals surface area contributed by atoms with E-state index in [0.717, 1.165) is 22.3 Å². The summed E-state index contributed by atoms with van der Waals surface area (Å²) >= 11 is 0. The first kappa shape index (κ1) is 66.4. The highest BCUT2D eigenvalue weighted by molar-refractivity contribution is 5.79. The molecule has 2 unspecified atom stereocenters. The average Bonchev–Trinajstić information content (AvgIpc) is 3.88. The summed E-state index contributed by atoms with van der Waals surface area (Å²) in [5.41, 5.74) is 4.02. The number of carboxylic acid groups (broad SMARTS) is 1. The topological polar surface area (TPSA) is 321 Å². The molecule has 2 saturated heterocycles. The van der Waals surface area contributed by atoms with Gasteiger partial charge in [0.1, 0.15) is 30.8 Å². The lowest BCUT2D eigenvalue weighted by Gasteiger charge is -2.47. The summed E-state index contributed by atoms with van der Waals surface area (Å²) in [7, 11) is 1.24. The highest BCUT2D eigenvalue weighted by atomic mass is 16.7. The van der Waals surface area contributed by atoms with Crippen LogP contribution in [0.1, 0.15) is 96.1 Å². The number of ether oxygens (including phenoxy) is 6. The van der Waals surface area contributed by atoms with E-state index in [1.54, 1.807) is 74.6 Å². The van der Waals surface area contributed by atoms with Crippen molar-refractivity contribution in [3.05, 3.63) is 145 Å². The van der Waals surface area contributed by atoms with Gasteiger partial charge in [-0.05, 0) is 55.4 Å². The SMILES string of the molecule is CO[C@]12C[C@@H](O)C[C@@H](O)[C@H](O)CC[C@@H](O)C[C@@H](O)CC(=O)OC(C)[C@H](C)[C@H](O)[C@@H](C)/C=C/C=C/C=C/C=C/C=C/C=C/C=C/[C@H](O[C@@H]3O[C@H](C)[C@@H](O)[C@H](NC(=O)OCC4c5ccccc5-c5ccccc54)[C@@H]3O)CC(O1)[C@H](C(=O)O)[C@@H](O)C2. The van der Waals surface area contributed by atoms with E-state index >= 15 is 0 Å². The van der Waals surface area contributed by atoms with Crippen LogP contribution >= 0.6 is 0 Å². The van der Waals surface area contributed by atoms with E-state index in [2.05, 4.69) is 5.32 Å². The van der Waals surface area contributed by atoms with Crippen LogP contribution in [0.4, 0.5) is 4.79 Å². The van der Waals surface area contributed by atoms with Crippen LogP contribution in [0, 0.1) is 17.8 Å². The number of benzene rings is 2. The van der Waals surface area contributed by atoms with Crippen molar-refractivity contribution in [1.82, 2.24) is 5.32 Å². The first-order valence-electron chi connectivity index (χ1n) is 28.5. The molecular formula is C63H85NO19. The Morgan fingerprint density at radius 2 is 1.22 bits per heavy atom. The number of rotatable bonds is 7. The van der Waals surface area contributed by atoms with Gasteiger partial charge in [-0.1, -0.05) is 147 Å². The van der Waals surface area contributed by atoms with Crippen LogP contribution in [0.5, 0.6) is 0 Å². The van der Waals surface area contributed by atoms with Crippen molar-refractivity contribution < 1.29 is 93.9 Å². The summed E-state index contributed by atoms with van der Waals surface area (Å²) in [5, 5.41) is 113. The van der Waals surface area contributed by atoms with Crippen LogP contribution in [0.15, 0.2) is 134 Å². The second kappa shape index (κ2) is 32.0. The third-order valence-corrected chi connectivity index (χ3v) is 15.9. The fourth-order valence-corrected chi connectivity index (χ4v) is 11.1. The Hall–Kier alpha value is -5.69. The van der Waals surface area contributed by atoms with E-state index in [1.807, 2.05) is 73.7 Å². The molecule has 0 radical (unpaired) electrons. The number of carboxylic acids is 1. The number of aliphatic hydroxyl groups excluding tert-OH is 9. The van der Waals surface area contributed by atoms with Gasteiger partial charge in [-0.25, -0.2) is 4.79 Å². The lowest BCUT2D eigenvalue weighted by molar-refractivity contribution is -0.317. The molecule has 83 heavy (non-hydrogen) atoms. The fourth-order valence-electron chi connectivity index (χ4n) is 11.1. The number of cyclic esters (lactones) is 1. The summed E-state index contributed by atoms with van der Waals surface area (Å²) in [5.74, 6) is -6.63. The Morgan fingerprint density at radius 3 is 1.81 bits per heavy atom. The molecule has 2 aromatic rings. The largest absolute Gasteiger partial charge is 0.481 e. The van der Waals surface area contributed by atoms with Crippen LogP contribution in [-0.4, -0.2) is 180 Å². The number of alkyl carbamates (subject to hydrolysis) is 1. The van der Waals surface area contributed by atoms with Crippen molar-refractivity contribution in [2.75, 3.05) is 13.7 Å². The molecule has 2 bridgehead atoms. The highest BCUT2D eigenvalue weighted by Gasteiger charge is 2.52. The van der Waals surface area contributed by atoms with Crippen molar-refractivity contribution in [3.8, 4) is 11.1 Å². The number of carbonyl (C=O) groups excluding carboxylic acids is 2. The highest BCUT2D eigenvalue weighted by Crippen LogP contribution is 2.45. The zero-order valence-corrected chi connectivity index (χ0v) is 47.7. The van der Waals surface area contributed by atoms with Gasteiger partial charge in [0.25, 0.3) is 0 Å². The van der Waals surface area contributed by atoms with E-state index in [-0.39, 0.29) is 44.1 Å². The second-order valence-corrected chi connectivity index (χ2v) is 22.2. The third-order valence-electron chi connectivity index (χ3n) is 15.9. The van der Waals surface area contributed by atoms with Crippen LogP contribution in [0.3, 0.4) is 0 Å². The van der Waals surface area contributed by atoms with Crippen molar-refractivity contribution in [2.45, 2.75) is 182 Å². The maximum absolute atomic E-state index is 13.5. The first-order chi connectivity index (χ1) is 39.6. The molecule has 3 heterocycles. The maximum Gasteiger partial charge on any atom is 0.407 e. The number of hydrogen-bond donors (Lipinski definition) is 11. The second-order valence-electron chi connectivity index (χ2n) is 22.2. The van der Waals surface area contributed by atoms with Gasteiger partial charge >= 0.3 is 18.0 Å². The number of aliphatic carboxylic acids is 1. The minimum atomic E-state index is -1.86. The maximum atomic E-state index is 13.5. The molecule has 0 aromatic heterocycles. The van der Waals surface area contributed by atoms with E-state index < -0.39 is 153 Å². The van der Waals surface area contributed by atoms with E-state index in [1.165, 1.54) is 20.1 Å². The number of esters is 1. The molecule has 3 aliphatic heterocycles. The van der Waals surface area contributed by atoms with Gasteiger partial charge in [0.2, 0.25) is 0 Å². The molecule has 6 rings (SSSR count). The molecule has 0 saturated carbocycles. The monoisotopic (exact) mass is 1160 g/mol. The molecule has 456 valence electrons. The molecule has 1 amide bonds. The zero-order valence-electron chi connectivity index (χ0n) is 47.7. The van der Waals surface area contributed by atoms with E-state index in [9.17, 15) is 65.4 Å². The fraction of sp³-hybridized carbons (Fsp3) is 0.540. The van der Waals surface area contributed by atoms with Gasteiger partial charge in [-0.15, -0.1) is 0 Å². The Morgan fingerprint density at radius 1 is 0.639 bits per heavy atom. The lowest BCUT2D eigenvalue weighted by atomic mass is 9.82. The standard InChI is InChI=1S/C63H85NO19/c1-37-22-16-14-12-10-8-6-7-9-11-13-15-17-23-44(82-61-59(74)56(58(73)40(4)81-61)64-62(77)79-36-49-47-26-20-18-24-45(47)46-25-19-21-27-48(46)49)33-53-55(60(75)76)52(70)35-63(78-5,83-53)34-43(67)31-51(69)50(68)29-28-41(65)30-42(66)32-54(71)80-39(3)38(2)57(37)72/h6-27,37-44,49-53,55-59,61,65-70,72-74H,28-36H2,1-5H3,(H,64,77)(H,75,76)/b7-6+,10-8+,11-9+,14-12+,15-13+,22-16+,23-17+/t37-,38-,39?,40+,41+,42+,43-,44-,50+,51+,52-,53?,55+,56-,57+,58+,59-,61-,63+/m0/s1. The summed E-state index contributed by atoms with van der Waals surface area (Å²) < 4.78 is 35.8. The first-order valence-corrected chi connectivity index (χ1v) is 28.5. The third kappa shape index (κ3) is 18.9.